The lowest BCUT2D eigenvalue weighted by molar-refractivity contribution is -0.190. The summed E-state index contributed by atoms with van der Waals surface area (Å²) < 4.78 is 131. The Kier molecular flexibility index (Phi) is 14.1. The van der Waals surface area contributed by atoms with Gasteiger partial charge >= 0.3 is 24.3 Å². The fraction of sp³-hybridized carbons (Fsp3) is 0.550. The number of nitrogens with zero attached hydrogens (tertiary/aromatic N) is 5. The van der Waals surface area contributed by atoms with E-state index < -0.39 is 85.1 Å². The fourth-order valence-electron chi connectivity index (χ4n) is 5.03. The van der Waals surface area contributed by atoms with Gasteiger partial charge < -0.3 is 18.9 Å². The van der Waals surface area contributed by atoms with E-state index in [1.807, 2.05) is 0 Å². The molecular formula is C40H47Cl3F6N6O6. The van der Waals surface area contributed by atoms with Crippen molar-refractivity contribution in [3.8, 4) is 17.6 Å². The van der Waals surface area contributed by atoms with E-state index in [4.69, 9.17) is 59.2 Å². The van der Waals surface area contributed by atoms with Crippen LogP contribution in [0.1, 0.15) is 119 Å². The fourth-order valence-corrected chi connectivity index (χ4v) is 5.68. The van der Waals surface area contributed by atoms with Crippen molar-refractivity contribution < 1.29 is 60.4 Å². The Balaban J connectivity index is 0.000000236. The lowest BCUT2D eigenvalue weighted by Gasteiger charge is -2.19. The molecule has 0 saturated heterocycles. The van der Waals surface area contributed by atoms with Crippen LogP contribution in [-0.4, -0.2) is 78.7 Å². The summed E-state index contributed by atoms with van der Waals surface area (Å²) >= 11 is 17.5. The molecule has 2 aliphatic rings. The highest BCUT2D eigenvalue weighted by Crippen LogP contribution is 2.61. The van der Waals surface area contributed by atoms with Crippen molar-refractivity contribution in [2.45, 2.75) is 116 Å². The Morgan fingerprint density at radius 1 is 0.738 bits per heavy atom. The van der Waals surface area contributed by atoms with Crippen LogP contribution in [0.2, 0.25) is 15.5 Å². The van der Waals surface area contributed by atoms with E-state index in [0.29, 0.717) is 0 Å². The first kappa shape index (κ1) is 43.4. The third-order valence-corrected chi connectivity index (χ3v) is 9.44. The number of hydrogen-bond donors (Lipinski definition) is 1. The van der Waals surface area contributed by atoms with Gasteiger partial charge in [-0.3, -0.25) is 0 Å². The minimum atomic E-state index is -4.43. The van der Waals surface area contributed by atoms with Crippen LogP contribution in [0.15, 0.2) is 48.8 Å². The summed E-state index contributed by atoms with van der Waals surface area (Å²) in [5.41, 5.74) is -4.77. The summed E-state index contributed by atoms with van der Waals surface area (Å²) in [5, 5.41) is 10.3. The maximum absolute atomic E-state index is 13.1. The maximum Gasteiger partial charge on any atom is 0.394 e. The summed E-state index contributed by atoms with van der Waals surface area (Å²) in [4.78, 5) is 31.7. The van der Waals surface area contributed by atoms with E-state index in [-0.39, 0.29) is 69.8 Å². The molecule has 2 saturated carbocycles. The molecule has 0 aromatic carbocycles. The topological polar surface area (TPSA) is 143 Å². The number of ether oxygens (including phenoxy) is 4. The van der Waals surface area contributed by atoms with E-state index in [1.165, 1.54) is 53.5 Å². The summed E-state index contributed by atoms with van der Waals surface area (Å²) in [5.74, 6) is -0.609. The summed E-state index contributed by atoms with van der Waals surface area (Å²) in [6.45, 7) is 9.51. The van der Waals surface area contributed by atoms with Gasteiger partial charge in [0.15, 0.2) is 5.82 Å². The largest absolute Gasteiger partial charge is 0.478 e. The van der Waals surface area contributed by atoms with E-state index in [1.54, 1.807) is 41.5 Å². The van der Waals surface area contributed by atoms with Gasteiger partial charge in [0.25, 0.3) is 0 Å². The minimum Gasteiger partial charge on any atom is -0.478 e. The van der Waals surface area contributed by atoms with Crippen LogP contribution in [0.5, 0.6) is 11.8 Å². The Labute approximate surface area is 369 Å². The van der Waals surface area contributed by atoms with Crippen molar-refractivity contribution in [1.29, 1.82) is 0 Å². The smallest absolute Gasteiger partial charge is 0.394 e. The standard InChI is InChI=1S/C20H23ClF3N3O3.C10H11Cl2NO2.C10H13F3N2O/c1-18(2,3)30-17(28)13-5-6-14(25-16(13)21)27-11-7-15(26-27)29-12-4-8-19(9-10-19)20(22,23)24;1-10(2,3)15-9(14)6-4-5-7(11)13-8(6)12;11-10(12,13)9(4-5-9)3-1-7-16-8-2-6-14-15-8/h5-7,11H,4,8-10,12H2,1-3H3;4-5H,1-3H3;2,6H,1,3-5,7H2,(H,14,15)/i4D2;;1D2. The molecule has 0 atom stereocenters. The molecule has 0 radical (unpaired) electrons. The Morgan fingerprint density at radius 3 is 1.66 bits per heavy atom. The number of pyridine rings is 2. The highest BCUT2D eigenvalue weighted by molar-refractivity contribution is 6.34. The Bertz CT molecular complexity index is 2260. The molecule has 4 aromatic heterocycles. The van der Waals surface area contributed by atoms with Crippen LogP contribution in [0, 0.1) is 10.8 Å². The molecule has 61 heavy (non-hydrogen) atoms. The SMILES string of the molecule is CC(C)(C)OC(=O)c1ccc(Cl)nc1Cl.[2H]C([2H])(COc1ccn(-c2ccc(C(=O)OC(C)(C)C)c(Cl)n2)n1)CC1(C(F)(F)F)CC1.[2H]C([2H])(COc1ccn[nH]1)CC1(C(F)(F)F)CC1. The Morgan fingerprint density at radius 2 is 1.23 bits per heavy atom. The maximum atomic E-state index is 13.1. The van der Waals surface area contributed by atoms with Crippen molar-refractivity contribution in [3.05, 3.63) is 75.4 Å². The van der Waals surface area contributed by atoms with Gasteiger partial charge in [-0.05, 0) is 117 Å². The van der Waals surface area contributed by atoms with Crippen LogP contribution >= 0.6 is 34.8 Å². The van der Waals surface area contributed by atoms with Crippen LogP contribution in [0.3, 0.4) is 0 Å². The van der Waals surface area contributed by atoms with Gasteiger partial charge in [0.2, 0.25) is 11.8 Å². The number of aromatic nitrogens is 6. The van der Waals surface area contributed by atoms with Crippen LogP contribution in [0.25, 0.3) is 5.82 Å². The lowest BCUT2D eigenvalue weighted by atomic mass is 10.00. The quantitative estimate of drug-likeness (QED) is 0.0782. The van der Waals surface area contributed by atoms with Gasteiger partial charge in [-0.1, -0.05) is 34.8 Å². The average Bonchev–Trinajstić information content (AvgIpc) is 3.97. The minimum absolute atomic E-state index is 0.0000670. The number of halogens is 9. The predicted octanol–water partition coefficient (Wildman–Crippen LogP) is 11.6. The predicted molar refractivity (Wildman–Crippen MR) is 214 cm³/mol. The highest BCUT2D eigenvalue weighted by Gasteiger charge is 2.63. The molecule has 4 aromatic rings. The molecule has 21 heteroatoms. The molecule has 4 heterocycles. The summed E-state index contributed by atoms with van der Waals surface area (Å²) in [6.07, 6.45) is -11.4. The molecule has 0 aliphatic heterocycles. The van der Waals surface area contributed by atoms with Gasteiger partial charge in [0.05, 0.1) is 41.4 Å². The van der Waals surface area contributed by atoms with E-state index >= 15 is 0 Å². The Hall–Kier alpha value is -4.29. The zero-order valence-electron chi connectivity index (χ0n) is 37.9. The molecule has 2 fully saturated rings. The first-order valence-corrected chi connectivity index (χ1v) is 19.7. The molecule has 0 spiro atoms. The van der Waals surface area contributed by atoms with Gasteiger partial charge in [0.1, 0.15) is 26.7 Å². The number of alkyl halides is 6. The van der Waals surface area contributed by atoms with Gasteiger partial charge in [-0.25, -0.2) is 29.3 Å². The first-order valence-electron chi connectivity index (χ1n) is 20.5. The number of aromatic amines is 1. The monoisotopic (exact) mass is 930 g/mol. The molecule has 0 unspecified atom stereocenters. The molecule has 1 N–H and O–H groups in total. The number of nitrogens with one attached hydrogen (secondary N) is 1. The van der Waals surface area contributed by atoms with Crippen molar-refractivity contribution in [3.63, 3.8) is 0 Å². The summed E-state index contributed by atoms with van der Waals surface area (Å²) in [6, 6.07) is 8.81. The molecule has 2 aliphatic carbocycles. The zero-order valence-corrected chi connectivity index (χ0v) is 36.1. The number of rotatable bonds is 13. The second kappa shape index (κ2) is 19.8. The van der Waals surface area contributed by atoms with Crippen molar-refractivity contribution in [2.75, 3.05) is 13.2 Å². The number of H-pyrrole nitrogens is 1. The second-order valence-corrected chi connectivity index (χ2v) is 17.1. The third-order valence-electron chi connectivity index (χ3n) is 8.65. The number of carbonyl (C=O) groups is 2. The lowest BCUT2D eigenvalue weighted by Crippen LogP contribution is -2.24. The van der Waals surface area contributed by atoms with E-state index in [9.17, 15) is 35.9 Å². The average molecular weight is 932 g/mol. The normalized spacial score (nSPS) is 16.8. The zero-order chi connectivity index (χ0) is 49.0. The number of carbonyl (C=O) groups excluding carboxylic acids is 2. The molecule has 0 amide bonds. The van der Waals surface area contributed by atoms with Crippen LogP contribution in [0.4, 0.5) is 26.3 Å². The van der Waals surface area contributed by atoms with Crippen molar-refractivity contribution >= 4 is 46.7 Å². The molecule has 6 rings (SSSR count). The first-order chi connectivity index (χ1) is 29.6. The second-order valence-electron chi connectivity index (χ2n) is 16.0. The molecule has 336 valence electrons. The summed E-state index contributed by atoms with van der Waals surface area (Å²) in [7, 11) is 0. The third kappa shape index (κ3) is 14.9. The highest BCUT2D eigenvalue weighted by atomic mass is 35.5. The number of esters is 2. The molecule has 0 bridgehead atoms. The van der Waals surface area contributed by atoms with Gasteiger partial charge in [-0.2, -0.15) is 31.4 Å². The van der Waals surface area contributed by atoms with E-state index in [0.717, 1.165) is 0 Å². The van der Waals surface area contributed by atoms with Crippen LogP contribution in [-0.2, 0) is 9.47 Å². The van der Waals surface area contributed by atoms with Crippen molar-refractivity contribution in [2.24, 2.45) is 10.8 Å². The molecular weight excluding hydrogens is 881 g/mol. The van der Waals surface area contributed by atoms with Gasteiger partial charge in [0, 0.05) is 23.8 Å². The van der Waals surface area contributed by atoms with Crippen LogP contribution < -0.4 is 9.47 Å². The molecule has 12 nitrogen and oxygen atoms in total. The van der Waals surface area contributed by atoms with Gasteiger partial charge in [-0.15, -0.1) is 5.10 Å². The number of hydrogen-bond acceptors (Lipinski definition) is 10. The van der Waals surface area contributed by atoms with E-state index in [2.05, 4.69) is 25.3 Å². The van der Waals surface area contributed by atoms with Crippen molar-refractivity contribution in [1.82, 2.24) is 29.9 Å².